The van der Waals surface area contributed by atoms with Crippen molar-refractivity contribution < 1.29 is 4.79 Å². The molecule has 0 spiro atoms. The molecule has 4 heteroatoms. The van der Waals surface area contributed by atoms with Crippen molar-refractivity contribution in [2.24, 2.45) is 0 Å². The molecule has 0 bridgehead atoms. The summed E-state index contributed by atoms with van der Waals surface area (Å²) in [6.07, 6.45) is 6.70. The summed E-state index contributed by atoms with van der Waals surface area (Å²) >= 11 is 0. The molecule has 1 heterocycles. The van der Waals surface area contributed by atoms with Crippen molar-refractivity contribution in [3.8, 4) is 0 Å². The molecule has 0 unspecified atom stereocenters. The van der Waals surface area contributed by atoms with Crippen molar-refractivity contribution in [3.63, 3.8) is 0 Å². The first-order valence-corrected chi connectivity index (χ1v) is 5.91. The minimum Gasteiger partial charge on any atom is -0.350 e. The van der Waals surface area contributed by atoms with E-state index < -0.39 is 0 Å². The van der Waals surface area contributed by atoms with Crippen LogP contribution in [0.3, 0.4) is 0 Å². The molecular formula is C13H16N2O2. The average Bonchev–Trinajstić information content (AvgIpc) is 2.82. The van der Waals surface area contributed by atoms with E-state index in [0.717, 1.165) is 19.3 Å². The van der Waals surface area contributed by atoms with Gasteiger partial charge in [-0.3, -0.25) is 9.59 Å². The number of aromatic nitrogens is 1. The Hall–Kier alpha value is -1.84. The maximum Gasteiger partial charge on any atom is 0.267 e. The monoisotopic (exact) mass is 232 g/mol. The molecule has 4 nitrogen and oxygen atoms in total. The summed E-state index contributed by atoms with van der Waals surface area (Å²) < 4.78 is 0. The summed E-state index contributed by atoms with van der Waals surface area (Å²) in [5.41, 5.74) is 1.49. The molecule has 1 aliphatic carbocycles. The molecule has 2 N–H and O–H groups in total. The number of pyridine rings is 1. The number of rotatable bonds is 4. The molecular weight excluding hydrogens is 216 g/mol. The zero-order chi connectivity index (χ0) is 12.1. The predicted octanol–water partition coefficient (Wildman–Crippen LogP) is 1.61. The summed E-state index contributed by atoms with van der Waals surface area (Å²) in [4.78, 5) is 25.2. The van der Waals surface area contributed by atoms with Gasteiger partial charge in [0.15, 0.2) is 0 Å². The van der Waals surface area contributed by atoms with Crippen LogP contribution in [0.5, 0.6) is 0 Å². The van der Waals surface area contributed by atoms with Crippen LogP contribution in [-0.4, -0.2) is 17.4 Å². The Morgan fingerprint density at radius 3 is 3.00 bits per heavy atom. The minimum atomic E-state index is -0.254. The Morgan fingerprint density at radius 2 is 2.29 bits per heavy atom. The maximum absolute atomic E-state index is 11.7. The highest BCUT2D eigenvalue weighted by Crippen LogP contribution is 2.19. The zero-order valence-corrected chi connectivity index (χ0v) is 9.66. The standard InChI is InChI=1S/C13H16N2O2/c16-12-7-3-6-11(15-12)13(17)14-9-8-10-4-1-2-5-10/h3-4,6-7H,1-2,5,8-9H2,(H,14,17)(H,15,16). The smallest absolute Gasteiger partial charge is 0.267 e. The maximum atomic E-state index is 11.7. The minimum absolute atomic E-state index is 0.221. The number of allylic oxidation sites excluding steroid dienone is 1. The number of nitrogens with one attached hydrogen (secondary N) is 2. The fourth-order valence-electron chi connectivity index (χ4n) is 1.98. The number of carbonyl (C=O) groups excluding carboxylic acids is 1. The first-order valence-electron chi connectivity index (χ1n) is 5.91. The molecule has 0 saturated heterocycles. The molecule has 2 rings (SSSR count). The van der Waals surface area contributed by atoms with Crippen LogP contribution < -0.4 is 10.9 Å². The van der Waals surface area contributed by atoms with Crippen LogP contribution in [0.1, 0.15) is 36.2 Å². The first-order chi connectivity index (χ1) is 8.25. The second-order valence-electron chi connectivity index (χ2n) is 4.19. The van der Waals surface area contributed by atoms with Crippen LogP contribution >= 0.6 is 0 Å². The average molecular weight is 232 g/mol. The van der Waals surface area contributed by atoms with Gasteiger partial charge in [0.05, 0.1) is 0 Å². The Balaban J connectivity index is 1.83. The van der Waals surface area contributed by atoms with Gasteiger partial charge in [0, 0.05) is 12.6 Å². The molecule has 1 amide bonds. The van der Waals surface area contributed by atoms with Crippen molar-refractivity contribution in [2.45, 2.75) is 25.7 Å². The Morgan fingerprint density at radius 1 is 1.41 bits per heavy atom. The van der Waals surface area contributed by atoms with Gasteiger partial charge in [0.2, 0.25) is 5.56 Å². The van der Waals surface area contributed by atoms with E-state index in [1.54, 1.807) is 12.1 Å². The normalized spacial score (nSPS) is 14.5. The molecule has 0 aliphatic heterocycles. The number of aromatic amines is 1. The summed E-state index contributed by atoms with van der Waals surface area (Å²) in [6.45, 7) is 0.627. The van der Waals surface area contributed by atoms with Gasteiger partial charge in [0.25, 0.3) is 5.91 Å². The molecule has 0 fully saturated rings. The molecule has 0 saturated carbocycles. The lowest BCUT2D eigenvalue weighted by Crippen LogP contribution is -2.27. The van der Waals surface area contributed by atoms with Crippen LogP contribution in [0.2, 0.25) is 0 Å². The lowest BCUT2D eigenvalue weighted by molar-refractivity contribution is 0.0949. The SMILES string of the molecule is O=C(NCCC1=CCCC1)c1cccc(=O)[nH]1. The number of H-pyrrole nitrogens is 1. The van der Waals surface area contributed by atoms with Crippen LogP contribution in [-0.2, 0) is 0 Å². The number of carbonyl (C=O) groups is 1. The van der Waals surface area contributed by atoms with E-state index in [2.05, 4.69) is 16.4 Å². The van der Waals surface area contributed by atoms with Gasteiger partial charge in [-0.15, -0.1) is 0 Å². The van der Waals surface area contributed by atoms with Crippen LogP contribution in [0, 0.1) is 0 Å². The van der Waals surface area contributed by atoms with Crippen molar-refractivity contribution in [1.82, 2.24) is 10.3 Å². The van der Waals surface area contributed by atoms with Crippen molar-refractivity contribution in [1.29, 1.82) is 0 Å². The van der Waals surface area contributed by atoms with E-state index in [1.807, 2.05) is 0 Å². The molecule has 0 atom stereocenters. The molecule has 1 aromatic heterocycles. The molecule has 0 radical (unpaired) electrons. The van der Waals surface area contributed by atoms with Crippen LogP contribution in [0.15, 0.2) is 34.6 Å². The summed E-state index contributed by atoms with van der Waals surface area (Å²) in [6, 6.07) is 4.57. The van der Waals surface area contributed by atoms with Gasteiger partial charge >= 0.3 is 0 Å². The van der Waals surface area contributed by atoms with Crippen LogP contribution in [0.4, 0.5) is 0 Å². The van der Waals surface area contributed by atoms with Gasteiger partial charge in [0.1, 0.15) is 5.69 Å². The quantitative estimate of drug-likeness (QED) is 0.775. The topological polar surface area (TPSA) is 62.0 Å². The van der Waals surface area contributed by atoms with Crippen LogP contribution in [0.25, 0.3) is 0 Å². The third-order valence-corrected chi connectivity index (χ3v) is 2.88. The lowest BCUT2D eigenvalue weighted by Gasteiger charge is -2.05. The van der Waals surface area contributed by atoms with E-state index in [1.165, 1.54) is 18.1 Å². The summed E-state index contributed by atoms with van der Waals surface area (Å²) in [5, 5.41) is 2.80. The largest absolute Gasteiger partial charge is 0.350 e. The van der Waals surface area contributed by atoms with Gasteiger partial charge in [-0.25, -0.2) is 0 Å². The highest BCUT2D eigenvalue weighted by molar-refractivity contribution is 5.92. The fraction of sp³-hybridized carbons (Fsp3) is 0.385. The second kappa shape index (κ2) is 5.48. The van der Waals surface area contributed by atoms with Crippen molar-refractivity contribution in [3.05, 3.63) is 45.9 Å². The highest BCUT2D eigenvalue weighted by Gasteiger charge is 2.07. The number of hydrogen-bond donors (Lipinski definition) is 2. The third kappa shape index (κ3) is 3.31. The molecule has 17 heavy (non-hydrogen) atoms. The zero-order valence-electron chi connectivity index (χ0n) is 9.66. The van der Waals surface area contributed by atoms with Gasteiger partial charge in [-0.1, -0.05) is 17.7 Å². The third-order valence-electron chi connectivity index (χ3n) is 2.88. The van der Waals surface area contributed by atoms with E-state index in [-0.39, 0.29) is 11.5 Å². The summed E-state index contributed by atoms with van der Waals surface area (Å²) in [7, 11) is 0. The lowest BCUT2D eigenvalue weighted by atomic mass is 10.2. The van der Waals surface area contributed by atoms with Crippen molar-refractivity contribution >= 4 is 5.91 Å². The molecule has 90 valence electrons. The number of hydrogen-bond acceptors (Lipinski definition) is 2. The van der Waals surface area contributed by atoms with Gasteiger partial charge < -0.3 is 10.3 Å². The Labute approximate surface area is 99.7 Å². The number of amides is 1. The van der Waals surface area contributed by atoms with Crippen molar-refractivity contribution in [2.75, 3.05) is 6.54 Å². The van der Waals surface area contributed by atoms with E-state index in [4.69, 9.17) is 0 Å². The van der Waals surface area contributed by atoms with E-state index in [0.29, 0.717) is 12.2 Å². The first kappa shape index (κ1) is 11.6. The van der Waals surface area contributed by atoms with E-state index in [9.17, 15) is 9.59 Å². The van der Waals surface area contributed by atoms with Gasteiger partial charge in [-0.2, -0.15) is 0 Å². The second-order valence-corrected chi connectivity index (χ2v) is 4.19. The molecule has 1 aromatic rings. The van der Waals surface area contributed by atoms with E-state index >= 15 is 0 Å². The molecule has 0 aromatic carbocycles. The Kier molecular flexibility index (Phi) is 3.75. The molecule has 1 aliphatic rings. The Bertz CT molecular complexity index is 488. The van der Waals surface area contributed by atoms with Gasteiger partial charge in [-0.05, 0) is 31.7 Å². The fourth-order valence-corrected chi connectivity index (χ4v) is 1.98. The highest BCUT2D eigenvalue weighted by atomic mass is 16.2. The predicted molar refractivity (Wildman–Crippen MR) is 65.9 cm³/mol. The summed E-state index contributed by atoms with van der Waals surface area (Å²) in [5.74, 6) is -0.221.